The normalized spacial score (nSPS) is 10.1. The van der Waals surface area contributed by atoms with E-state index in [2.05, 4.69) is 34.4 Å². The Kier molecular flexibility index (Phi) is 5.18. The fourth-order valence-electron chi connectivity index (χ4n) is 1.49. The van der Waals surface area contributed by atoms with Crippen LogP contribution in [0.4, 0.5) is 5.95 Å². The maximum absolute atomic E-state index is 10.2. The van der Waals surface area contributed by atoms with Gasteiger partial charge in [0.25, 0.3) is 0 Å². The Morgan fingerprint density at radius 1 is 1.50 bits per heavy atom. The Balaban J connectivity index is 2.76. The summed E-state index contributed by atoms with van der Waals surface area (Å²) in [5.41, 5.74) is 2.31. The molecule has 0 spiro atoms. The minimum absolute atomic E-state index is 0.406. The van der Waals surface area contributed by atoms with E-state index in [1.165, 1.54) is 0 Å². The van der Waals surface area contributed by atoms with Crippen LogP contribution in [0.2, 0.25) is 0 Å². The third-order valence-electron chi connectivity index (χ3n) is 2.29. The molecule has 1 rings (SSSR count). The Bertz CT molecular complexity index is 319. The first-order chi connectivity index (χ1) is 7.83. The van der Waals surface area contributed by atoms with Crippen molar-refractivity contribution in [3.05, 3.63) is 23.4 Å². The summed E-state index contributed by atoms with van der Waals surface area (Å²) in [5.74, 6) is 1.21. The number of nitrogens with one attached hydrogen (secondary N) is 1. The van der Waals surface area contributed by atoms with Crippen LogP contribution in [0, 0.1) is 4.91 Å². The predicted molar refractivity (Wildman–Crippen MR) is 62.9 cm³/mol. The lowest BCUT2D eigenvalue weighted by atomic mass is 10.2. The predicted octanol–water partition coefficient (Wildman–Crippen LogP) is 2.29. The monoisotopic (exact) mass is 223 g/mol. The van der Waals surface area contributed by atoms with Gasteiger partial charge in [-0.15, -0.1) is 21.7 Å². The van der Waals surface area contributed by atoms with Crippen LogP contribution < -0.4 is 5.43 Å². The standard InChI is InChI=1S/C10H17N5O/c1-3-5-6-8-15-9(7-4-2)11-12-10(15)13-14-16/h4H,2-3,5-8H2,1H3,(H,12,13,16). The quantitative estimate of drug-likeness (QED) is 0.317. The van der Waals surface area contributed by atoms with E-state index in [-0.39, 0.29) is 0 Å². The molecular weight excluding hydrogens is 206 g/mol. The molecule has 0 aromatic carbocycles. The molecule has 0 aliphatic rings. The zero-order chi connectivity index (χ0) is 11.8. The molecule has 0 bridgehead atoms. The molecule has 0 radical (unpaired) electrons. The first-order valence-corrected chi connectivity index (χ1v) is 5.44. The van der Waals surface area contributed by atoms with Crippen molar-refractivity contribution in [2.45, 2.75) is 39.2 Å². The van der Waals surface area contributed by atoms with Crippen molar-refractivity contribution in [2.75, 3.05) is 5.43 Å². The molecule has 6 nitrogen and oxygen atoms in total. The number of unbranched alkanes of at least 4 members (excludes halogenated alkanes) is 2. The lowest BCUT2D eigenvalue weighted by Crippen LogP contribution is -2.07. The van der Waals surface area contributed by atoms with Crippen molar-refractivity contribution in [2.24, 2.45) is 5.29 Å². The molecule has 0 saturated heterocycles. The zero-order valence-corrected chi connectivity index (χ0v) is 9.52. The second-order valence-corrected chi connectivity index (χ2v) is 3.49. The van der Waals surface area contributed by atoms with Gasteiger partial charge in [0.1, 0.15) is 5.82 Å². The lowest BCUT2D eigenvalue weighted by Gasteiger charge is -2.07. The highest BCUT2D eigenvalue weighted by molar-refractivity contribution is 5.24. The molecule has 88 valence electrons. The Morgan fingerprint density at radius 3 is 2.94 bits per heavy atom. The molecule has 0 aliphatic heterocycles. The molecule has 0 fully saturated rings. The van der Waals surface area contributed by atoms with Gasteiger partial charge in [-0.1, -0.05) is 25.8 Å². The summed E-state index contributed by atoms with van der Waals surface area (Å²) in [5, 5.41) is 10.5. The van der Waals surface area contributed by atoms with Crippen LogP contribution in [0.1, 0.15) is 32.0 Å². The minimum Gasteiger partial charge on any atom is -0.296 e. The summed E-state index contributed by atoms with van der Waals surface area (Å²) in [6.45, 7) is 6.60. The summed E-state index contributed by atoms with van der Waals surface area (Å²) < 4.78 is 1.87. The average molecular weight is 223 g/mol. The van der Waals surface area contributed by atoms with Gasteiger partial charge in [0.2, 0.25) is 5.95 Å². The van der Waals surface area contributed by atoms with Crippen molar-refractivity contribution >= 4 is 5.95 Å². The third kappa shape index (κ3) is 3.15. The van der Waals surface area contributed by atoms with Crippen LogP contribution in [-0.4, -0.2) is 14.8 Å². The molecule has 1 heterocycles. The number of aromatic nitrogens is 3. The number of rotatable bonds is 8. The largest absolute Gasteiger partial charge is 0.296 e. The summed E-state index contributed by atoms with van der Waals surface area (Å²) in [6.07, 6.45) is 5.72. The SMILES string of the molecule is C=CCc1nnc(NN=O)n1CCCCC. The van der Waals surface area contributed by atoms with Crippen molar-refractivity contribution in [3.63, 3.8) is 0 Å². The number of anilines is 1. The Hall–Kier alpha value is -1.72. The number of hydrogen-bond acceptors (Lipinski definition) is 4. The lowest BCUT2D eigenvalue weighted by molar-refractivity contribution is 0.589. The van der Waals surface area contributed by atoms with Gasteiger partial charge < -0.3 is 0 Å². The van der Waals surface area contributed by atoms with Crippen LogP contribution in [0.3, 0.4) is 0 Å². The summed E-state index contributed by atoms with van der Waals surface area (Å²) in [4.78, 5) is 10.2. The van der Waals surface area contributed by atoms with E-state index >= 15 is 0 Å². The van der Waals surface area contributed by atoms with Crippen LogP contribution >= 0.6 is 0 Å². The molecular formula is C10H17N5O. The van der Waals surface area contributed by atoms with Crippen molar-refractivity contribution in [1.29, 1.82) is 0 Å². The molecule has 1 aromatic heterocycles. The molecule has 0 aliphatic carbocycles. The minimum atomic E-state index is 0.406. The first kappa shape index (κ1) is 12.4. The summed E-state index contributed by atoms with van der Waals surface area (Å²) in [7, 11) is 0. The van der Waals surface area contributed by atoms with Gasteiger partial charge in [0.05, 0.1) is 5.29 Å². The molecule has 0 amide bonds. The van der Waals surface area contributed by atoms with E-state index in [9.17, 15) is 4.91 Å². The zero-order valence-electron chi connectivity index (χ0n) is 9.52. The van der Waals surface area contributed by atoms with Gasteiger partial charge in [-0.25, -0.2) is 5.43 Å². The van der Waals surface area contributed by atoms with E-state index in [0.29, 0.717) is 12.4 Å². The second kappa shape index (κ2) is 6.71. The van der Waals surface area contributed by atoms with E-state index < -0.39 is 0 Å². The third-order valence-corrected chi connectivity index (χ3v) is 2.29. The summed E-state index contributed by atoms with van der Waals surface area (Å²) in [6, 6.07) is 0. The molecule has 6 heteroatoms. The van der Waals surface area contributed by atoms with Gasteiger partial charge in [-0.05, 0) is 6.42 Å². The second-order valence-electron chi connectivity index (χ2n) is 3.49. The van der Waals surface area contributed by atoms with Gasteiger partial charge >= 0.3 is 0 Å². The number of hydrogen-bond donors (Lipinski definition) is 1. The van der Waals surface area contributed by atoms with Crippen LogP contribution in [0.5, 0.6) is 0 Å². The van der Waals surface area contributed by atoms with E-state index in [4.69, 9.17) is 0 Å². The van der Waals surface area contributed by atoms with Crippen LogP contribution in [-0.2, 0) is 13.0 Å². The molecule has 0 atom stereocenters. The highest BCUT2D eigenvalue weighted by Crippen LogP contribution is 2.11. The van der Waals surface area contributed by atoms with Gasteiger partial charge in [-0.3, -0.25) is 4.57 Å². The number of allylic oxidation sites excluding steroid dienone is 1. The highest BCUT2D eigenvalue weighted by Gasteiger charge is 2.10. The Labute approximate surface area is 94.7 Å². The van der Waals surface area contributed by atoms with Crippen LogP contribution in [0.25, 0.3) is 0 Å². The Morgan fingerprint density at radius 2 is 2.31 bits per heavy atom. The maximum Gasteiger partial charge on any atom is 0.247 e. The molecule has 1 N–H and O–H groups in total. The molecule has 0 unspecified atom stereocenters. The number of nitrogens with zero attached hydrogens (tertiary/aromatic N) is 4. The van der Waals surface area contributed by atoms with E-state index in [1.807, 2.05) is 4.57 Å². The van der Waals surface area contributed by atoms with E-state index in [0.717, 1.165) is 31.6 Å². The van der Waals surface area contributed by atoms with Crippen molar-refractivity contribution in [3.8, 4) is 0 Å². The van der Waals surface area contributed by atoms with Gasteiger partial charge in [-0.2, -0.15) is 0 Å². The van der Waals surface area contributed by atoms with Crippen molar-refractivity contribution < 1.29 is 0 Å². The summed E-state index contributed by atoms with van der Waals surface area (Å²) >= 11 is 0. The topological polar surface area (TPSA) is 72.2 Å². The van der Waals surface area contributed by atoms with Gasteiger partial charge in [0, 0.05) is 13.0 Å². The smallest absolute Gasteiger partial charge is 0.247 e. The molecule has 0 saturated carbocycles. The average Bonchev–Trinajstić information content (AvgIpc) is 2.64. The number of nitroso groups, excluding NO2 is 1. The van der Waals surface area contributed by atoms with Gasteiger partial charge in [0.15, 0.2) is 0 Å². The first-order valence-electron chi connectivity index (χ1n) is 5.44. The molecule has 1 aromatic rings. The van der Waals surface area contributed by atoms with E-state index in [1.54, 1.807) is 6.08 Å². The fourth-order valence-corrected chi connectivity index (χ4v) is 1.49. The fraction of sp³-hybridized carbons (Fsp3) is 0.600. The highest BCUT2D eigenvalue weighted by atomic mass is 16.3. The molecule has 16 heavy (non-hydrogen) atoms. The maximum atomic E-state index is 10.2. The van der Waals surface area contributed by atoms with Crippen molar-refractivity contribution in [1.82, 2.24) is 14.8 Å². The van der Waals surface area contributed by atoms with Crippen LogP contribution in [0.15, 0.2) is 17.9 Å².